The van der Waals surface area contributed by atoms with E-state index in [0.29, 0.717) is 0 Å². The third-order valence-electron chi connectivity index (χ3n) is 7.33. The molecule has 198 valence electrons. The fourth-order valence-corrected chi connectivity index (χ4v) is 7.11. The van der Waals surface area contributed by atoms with Crippen LogP contribution in [0.1, 0.15) is 126 Å². The minimum absolute atomic E-state index is 1.24. The zero-order valence-corrected chi connectivity index (χ0v) is 24.8. The molecule has 0 unspecified atom stereocenters. The molecule has 0 radical (unpaired) electrons. The quantitative estimate of drug-likeness (QED) is 0.129. The maximum Gasteiger partial charge on any atom is 0.0345 e. The molecule has 2 heterocycles. The van der Waals surface area contributed by atoms with Crippen molar-refractivity contribution < 1.29 is 0 Å². The molecule has 0 N–H and O–H groups in total. The van der Waals surface area contributed by atoms with Crippen LogP contribution in [0.15, 0.2) is 48.5 Å². The molecule has 0 nitrogen and oxygen atoms in total. The summed E-state index contributed by atoms with van der Waals surface area (Å²) in [7, 11) is 0. The Morgan fingerprint density at radius 3 is 1.08 bits per heavy atom. The Kier molecular flexibility index (Phi) is 14.6. The number of hydrogen-bond donors (Lipinski definition) is 0. The molecule has 0 atom stereocenters. The lowest BCUT2D eigenvalue weighted by Crippen LogP contribution is -1.84. The van der Waals surface area contributed by atoms with Gasteiger partial charge in [0.2, 0.25) is 0 Å². The van der Waals surface area contributed by atoms with E-state index in [2.05, 4.69) is 62.4 Å². The summed E-state index contributed by atoms with van der Waals surface area (Å²) >= 11 is 3.97. The van der Waals surface area contributed by atoms with Gasteiger partial charge in [-0.3, -0.25) is 0 Å². The first-order chi connectivity index (χ1) is 17.8. The summed E-state index contributed by atoms with van der Waals surface area (Å²) in [4.78, 5) is 5.92. The van der Waals surface area contributed by atoms with Gasteiger partial charge < -0.3 is 0 Å². The standard InChI is InChI=1S/C34H50S2/c1-3-5-7-9-11-12-13-14-16-18-20-32-26-28-34(36-32)30-23-21-29(22-24-30)33-27-25-31(35-33)19-17-15-10-8-6-4-2/h21-28H,3-20H2,1-2H3. The summed E-state index contributed by atoms with van der Waals surface area (Å²) in [5.74, 6) is 0. The molecule has 3 aromatic rings. The monoisotopic (exact) mass is 522 g/mol. The van der Waals surface area contributed by atoms with Crippen LogP contribution in [0.3, 0.4) is 0 Å². The van der Waals surface area contributed by atoms with Crippen molar-refractivity contribution in [1.29, 1.82) is 0 Å². The van der Waals surface area contributed by atoms with Crippen molar-refractivity contribution in [3.05, 3.63) is 58.3 Å². The second kappa shape index (κ2) is 18.0. The van der Waals surface area contributed by atoms with E-state index in [-0.39, 0.29) is 0 Å². The molecule has 2 aromatic heterocycles. The van der Waals surface area contributed by atoms with Crippen LogP contribution in [0.5, 0.6) is 0 Å². The van der Waals surface area contributed by atoms with Crippen molar-refractivity contribution >= 4 is 22.7 Å². The predicted molar refractivity (Wildman–Crippen MR) is 166 cm³/mol. The molecule has 0 amide bonds. The normalized spacial score (nSPS) is 11.4. The lowest BCUT2D eigenvalue weighted by atomic mass is 10.1. The van der Waals surface area contributed by atoms with Crippen molar-refractivity contribution in [3.8, 4) is 20.9 Å². The average molecular weight is 523 g/mol. The molecular weight excluding hydrogens is 473 g/mol. The molecule has 0 aliphatic heterocycles. The van der Waals surface area contributed by atoms with Crippen molar-refractivity contribution in [2.45, 2.75) is 129 Å². The number of rotatable bonds is 20. The van der Waals surface area contributed by atoms with Gasteiger partial charge in [0, 0.05) is 19.5 Å². The van der Waals surface area contributed by atoms with Crippen LogP contribution in [-0.2, 0) is 12.8 Å². The molecule has 36 heavy (non-hydrogen) atoms. The molecule has 0 saturated heterocycles. The SMILES string of the molecule is CCCCCCCCCCCCc1ccc(-c2ccc(-c3ccc(CCCCCCCC)s3)cc2)s1. The molecule has 3 rings (SSSR count). The number of unbranched alkanes of at least 4 members (excludes halogenated alkanes) is 14. The highest BCUT2D eigenvalue weighted by Crippen LogP contribution is 2.33. The molecule has 1 aromatic carbocycles. The van der Waals surface area contributed by atoms with Crippen LogP contribution in [0.25, 0.3) is 20.9 Å². The van der Waals surface area contributed by atoms with E-state index in [0.717, 1.165) is 0 Å². The van der Waals surface area contributed by atoms with Crippen molar-refractivity contribution in [3.63, 3.8) is 0 Å². The Balaban J connectivity index is 1.35. The van der Waals surface area contributed by atoms with Gasteiger partial charge in [0.25, 0.3) is 0 Å². The highest BCUT2D eigenvalue weighted by molar-refractivity contribution is 7.15. The van der Waals surface area contributed by atoms with E-state index in [9.17, 15) is 0 Å². The maximum atomic E-state index is 2.36. The zero-order chi connectivity index (χ0) is 25.3. The summed E-state index contributed by atoms with van der Waals surface area (Å²) in [6.45, 7) is 4.59. The molecular formula is C34H50S2. The topological polar surface area (TPSA) is 0 Å². The second-order valence-corrected chi connectivity index (χ2v) is 12.9. The van der Waals surface area contributed by atoms with Crippen LogP contribution in [0.2, 0.25) is 0 Å². The Morgan fingerprint density at radius 1 is 0.389 bits per heavy atom. The van der Waals surface area contributed by atoms with Crippen molar-refractivity contribution in [2.24, 2.45) is 0 Å². The highest BCUT2D eigenvalue weighted by Gasteiger charge is 2.07. The van der Waals surface area contributed by atoms with E-state index in [1.54, 1.807) is 9.75 Å². The number of aryl methyl sites for hydroxylation is 2. The third kappa shape index (κ3) is 10.9. The smallest absolute Gasteiger partial charge is 0.0345 e. The lowest BCUT2D eigenvalue weighted by molar-refractivity contribution is 0.557. The second-order valence-electron chi connectivity index (χ2n) is 10.6. The largest absolute Gasteiger partial charge is 0.140 e. The minimum Gasteiger partial charge on any atom is -0.140 e. The predicted octanol–water partition coefficient (Wildman–Crippen LogP) is 12.5. The zero-order valence-electron chi connectivity index (χ0n) is 23.2. The van der Waals surface area contributed by atoms with Crippen LogP contribution in [-0.4, -0.2) is 0 Å². The lowest BCUT2D eigenvalue weighted by Gasteiger charge is -2.02. The van der Waals surface area contributed by atoms with Crippen LogP contribution in [0.4, 0.5) is 0 Å². The van der Waals surface area contributed by atoms with Gasteiger partial charge in [-0.25, -0.2) is 0 Å². The van der Waals surface area contributed by atoms with Gasteiger partial charge in [0.05, 0.1) is 0 Å². The number of benzene rings is 1. The van der Waals surface area contributed by atoms with E-state index in [1.807, 2.05) is 22.7 Å². The summed E-state index contributed by atoms with van der Waals surface area (Å²) in [6, 6.07) is 18.6. The average Bonchev–Trinajstić information content (AvgIpc) is 3.57. The van der Waals surface area contributed by atoms with Crippen molar-refractivity contribution in [1.82, 2.24) is 0 Å². The van der Waals surface area contributed by atoms with Gasteiger partial charge in [-0.1, -0.05) is 128 Å². The Hall–Kier alpha value is -1.38. The summed E-state index contributed by atoms with van der Waals surface area (Å²) < 4.78 is 0. The van der Waals surface area contributed by atoms with E-state index >= 15 is 0 Å². The fourth-order valence-electron chi connectivity index (χ4n) is 5.00. The summed E-state index contributed by atoms with van der Waals surface area (Å²) in [5, 5.41) is 0. The summed E-state index contributed by atoms with van der Waals surface area (Å²) in [6.07, 6.45) is 24.8. The summed E-state index contributed by atoms with van der Waals surface area (Å²) in [5.41, 5.74) is 2.72. The van der Waals surface area contributed by atoms with Gasteiger partial charge in [-0.05, 0) is 61.1 Å². The Bertz CT molecular complexity index is 930. The molecule has 0 spiro atoms. The van der Waals surface area contributed by atoms with E-state index in [4.69, 9.17) is 0 Å². The first-order valence-electron chi connectivity index (χ1n) is 15.1. The van der Waals surface area contributed by atoms with E-state index in [1.165, 1.54) is 136 Å². The first kappa shape index (κ1) is 29.2. The molecule has 0 bridgehead atoms. The molecule has 0 fully saturated rings. The molecule has 0 aliphatic carbocycles. The Labute approximate surface area is 230 Å². The van der Waals surface area contributed by atoms with Crippen LogP contribution >= 0.6 is 22.7 Å². The Morgan fingerprint density at radius 2 is 0.722 bits per heavy atom. The van der Waals surface area contributed by atoms with Crippen LogP contribution in [0, 0.1) is 0 Å². The molecule has 0 saturated carbocycles. The fraction of sp³-hybridized carbons (Fsp3) is 0.588. The molecule has 2 heteroatoms. The first-order valence-corrected chi connectivity index (χ1v) is 16.7. The van der Waals surface area contributed by atoms with Gasteiger partial charge in [0.15, 0.2) is 0 Å². The highest BCUT2D eigenvalue weighted by atomic mass is 32.1. The number of thiophene rings is 2. The molecule has 0 aliphatic rings. The minimum atomic E-state index is 1.24. The van der Waals surface area contributed by atoms with Gasteiger partial charge in [-0.2, -0.15) is 0 Å². The third-order valence-corrected chi connectivity index (χ3v) is 9.72. The van der Waals surface area contributed by atoms with Gasteiger partial charge in [-0.15, -0.1) is 22.7 Å². The van der Waals surface area contributed by atoms with Crippen molar-refractivity contribution in [2.75, 3.05) is 0 Å². The maximum absolute atomic E-state index is 2.36. The van der Waals surface area contributed by atoms with Gasteiger partial charge in [0.1, 0.15) is 0 Å². The number of hydrogen-bond acceptors (Lipinski definition) is 2. The van der Waals surface area contributed by atoms with Gasteiger partial charge >= 0.3 is 0 Å². The van der Waals surface area contributed by atoms with Crippen LogP contribution < -0.4 is 0 Å². The van der Waals surface area contributed by atoms with E-state index < -0.39 is 0 Å².